The third-order valence-electron chi connectivity index (χ3n) is 2.86. The van der Waals surface area contributed by atoms with Crippen molar-refractivity contribution in [1.82, 2.24) is 5.32 Å². The zero-order valence-corrected chi connectivity index (χ0v) is 12.6. The molecule has 108 valence electrons. The number of nitrogens with zero attached hydrogens (tertiary/aromatic N) is 1. The first-order valence-electron chi connectivity index (χ1n) is 6.54. The molecule has 0 aliphatic carbocycles. The molecule has 0 heterocycles. The molecular weight excluding hydrogens is 272 g/mol. The number of aliphatic hydroxyl groups is 1. The van der Waals surface area contributed by atoms with Gasteiger partial charge in [0.25, 0.3) is 0 Å². The summed E-state index contributed by atoms with van der Waals surface area (Å²) in [6.07, 6.45) is -0.498. The summed E-state index contributed by atoms with van der Waals surface area (Å²) in [7, 11) is 0. The van der Waals surface area contributed by atoms with E-state index in [1.54, 1.807) is 12.1 Å². The number of thioether (sulfide) groups is 1. The second kappa shape index (κ2) is 8.62. The van der Waals surface area contributed by atoms with Gasteiger partial charge in [0.05, 0.1) is 23.5 Å². The molecule has 0 saturated carbocycles. The van der Waals surface area contributed by atoms with Crippen LogP contribution in [0, 0.1) is 17.2 Å². The zero-order valence-electron chi connectivity index (χ0n) is 11.8. The Labute approximate surface area is 124 Å². The van der Waals surface area contributed by atoms with Crippen LogP contribution < -0.4 is 5.32 Å². The molecule has 5 heteroatoms. The molecule has 1 aromatic carbocycles. The molecule has 0 aliphatic rings. The molecule has 0 radical (unpaired) electrons. The summed E-state index contributed by atoms with van der Waals surface area (Å²) in [4.78, 5) is 11.6. The fraction of sp³-hybridized carbons (Fsp3) is 0.467. The molecule has 1 rings (SSSR count). The van der Waals surface area contributed by atoms with Crippen molar-refractivity contribution in [3.8, 4) is 6.07 Å². The first-order chi connectivity index (χ1) is 9.52. The van der Waals surface area contributed by atoms with Crippen molar-refractivity contribution in [2.24, 2.45) is 5.92 Å². The molecule has 1 amide bonds. The van der Waals surface area contributed by atoms with Crippen LogP contribution in [0.25, 0.3) is 0 Å². The van der Waals surface area contributed by atoms with Gasteiger partial charge in [0.15, 0.2) is 0 Å². The first-order valence-corrected chi connectivity index (χ1v) is 7.70. The molecule has 0 bridgehead atoms. The molecule has 0 fully saturated rings. The molecule has 1 atom stereocenters. The van der Waals surface area contributed by atoms with E-state index in [1.165, 1.54) is 11.8 Å². The van der Waals surface area contributed by atoms with Gasteiger partial charge in [0.1, 0.15) is 0 Å². The second-order valence-electron chi connectivity index (χ2n) is 4.92. The second-order valence-corrected chi connectivity index (χ2v) is 5.90. The maximum absolute atomic E-state index is 11.6. The Kier molecular flexibility index (Phi) is 7.13. The van der Waals surface area contributed by atoms with Crippen LogP contribution in [0.2, 0.25) is 0 Å². The van der Waals surface area contributed by atoms with Gasteiger partial charge in [0.2, 0.25) is 5.91 Å². The maximum atomic E-state index is 11.6. The lowest BCUT2D eigenvalue weighted by Crippen LogP contribution is -2.35. The van der Waals surface area contributed by atoms with E-state index in [0.717, 1.165) is 11.3 Å². The Hall–Kier alpha value is -1.51. The molecule has 20 heavy (non-hydrogen) atoms. The molecule has 0 aromatic heterocycles. The van der Waals surface area contributed by atoms with E-state index in [9.17, 15) is 9.90 Å². The Balaban J connectivity index is 2.23. The van der Waals surface area contributed by atoms with E-state index in [4.69, 9.17) is 5.26 Å². The van der Waals surface area contributed by atoms with Crippen LogP contribution in [0.1, 0.15) is 25.0 Å². The van der Waals surface area contributed by atoms with Crippen molar-refractivity contribution in [1.29, 1.82) is 5.26 Å². The van der Waals surface area contributed by atoms with Gasteiger partial charge in [-0.05, 0) is 23.6 Å². The lowest BCUT2D eigenvalue weighted by molar-refractivity contribution is -0.119. The number of aliphatic hydroxyl groups excluding tert-OH is 1. The fourth-order valence-corrected chi connectivity index (χ4v) is 2.26. The molecule has 2 N–H and O–H groups in total. The summed E-state index contributed by atoms with van der Waals surface area (Å²) in [5.41, 5.74) is 1.73. The van der Waals surface area contributed by atoms with Gasteiger partial charge in [0, 0.05) is 12.3 Å². The maximum Gasteiger partial charge on any atom is 0.230 e. The van der Waals surface area contributed by atoms with Gasteiger partial charge in [-0.1, -0.05) is 26.0 Å². The van der Waals surface area contributed by atoms with Crippen LogP contribution in [0.4, 0.5) is 0 Å². The lowest BCUT2D eigenvalue weighted by atomic mass is 10.1. The number of benzene rings is 1. The number of carbonyl (C=O) groups excluding carboxylic acids is 1. The Bertz CT molecular complexity index is 466. The van der Waals surface area contributed by atoms with Gasteiger partial charge in [-0.2, -0.15) is 5.26 Å². The van der Waals surface area contributed by atoms with Crippen molar-refractivity contribution < 1.29 is 9.90 Å². The van der Waals surface area contributed by atoms with Crippen molar-refractivity contribution in [2.75, 3.05) is 12.3 Å². The standard InChI is InChI=1S/C15H20N2O2S/c1-11(2)14(18)8-17-15(19)10-20-9-13-5-3-12(7-16)4-6-13/h3-6,11,14,18H,8-10H2,1-2H3,(H,17,19). The highest BCUT2D eigenvalue weighted by Gasteiger charge is 2.10. The predicted octanol–water partition coefficient (Wildman–Crippen LogP) is 1.92. The molecular formula is C15H20N2O2S. The largest absolute Gasteiger partial charge is 0.391 e. The van der Waals surface area contributed by atoms with Gasteiger partial charge >= 0.3 is 0 Å². The highest BCUT2D eigenvalue weighted by Crippen LogP contribution is 2.12. The molecule has 0 saturated heterocycles. The Morgan fingerprint density at radius 3 is 2.60 bits per heavy atom. The highest BCUT2D eigenvalue weighted by atomic mass is 32.2. The number of nitriles is 1. The summed E-state index contributed by atoms with van der Waals surface area (Å²) >= 11 is 1.51. The topological polar surface area (TPSA) is 73.1 Å². The number of nitrogens with one attached hydrogen (secondary N) is 1. The van der Waals surface area contributed by atoms with E-state index in [-0.39, 0.29) is 11.8 Å². The average Bonchev–Trinajstić information content (AvgIpc) is 2.45. The van der Waals surface area contributed by atoms with E-state index >= 15 is 0 Å². The zero-order chi connectivity index (χ0) is 15.0. The number of rotatable bonds is 7. The van der Waals surface area contributed by atoms with E-state index < -0.39 is 6.10 Å². The van der Waals surface area contributed by atoms with Crippen LogP contribution in [0.15, 0.2) is 24.3 Å². The van der Waals surface area contributed by atoms with Crippen molar-refractivity contribution >= 4 is 17.7 Å². The molecule has 1 aromatic rings. The fourth-order valence-electron chi connectivity index (χ4n) is 1.44. The third-order valence-corrected chi connectivity index (χ3v) is 3.87. The minimum Gasteiger partial charge on any atom is -0.391 e. The van der Waals surface area contributed by atoms with Crippen LogP contribution >= 0.6 is 11.8 Å². The average molecular weight is 292 g/mol. The minimum atomic E-state index is -0.498. The van der Waals surface area contributed by atoms with Gasteiger partial charge in [-0.15, -0.1) is 11.8 Å². The van der Waals surface area contributed by atoms with Crippen molar-refractivity contribution in [3.05, 3.63) is 35.4 Å². The van der Waals surface area contributed by atoms with Crippen molar-refractivity contribution in [3.63, 3.8) is 0 Å². The number of hydrogen-bond donors (Lipinski definition) is 2. The van der Waals surface area contributed by atoms with Gasteiger partial charge in [-0.25, -0.2) is 0 Å². The van der Waals surface area contributed by atoms with Crippen LogP contribution in [0.5, 0.6) is 0 Å². The summed E-state index contributed by atoms with van der Waals surface area (Å²) in [6.45, 7) is 4.13. The molecule has 0 spiro atoms. The molecule has 0 aliphatic heterocycles. The monoisotopic (exact) mass is 292 g/mol. The van der Waals surface area contributed by atoms with E-state index in [2.05, 4.69) is 11.4 Å². The molecule has 4 nitrogen and oxygen atoms in total. The predicted molar refractivity (Wildman–Crippen MR) is 81.2 cm³/mol. The van der Waals surface area contributed by atoms with Gasteiger partial charge < -0.3 is 10.4 Å². The SMILES string of the molecule is CC(C)C(O)CNC(=O)CSCc1ccc(C#N)cc1. The first kappa shape index (κ1) is 16.5. The smallest absolute Gasteiger partial charge is 0.230 e. The van der Waals surface area contributed by atoms with E-state index in [1.807, 2.05) is 26.0 Å². The summed E-state index contributed by atoms with van der Waals surface area (Å²) < 4.78 is 0. The minimum absolute atomic E-state index is 0.0663. The summed E-state index contributed by atoms with van der Waals surface area (Å²) in [5.74, 6) is 1.17. The summed E-state index contributed by atoms with van der Waals surface area (Å²) in [6, 6.07) is 9.41. The van der Waals surface area contributed by atoms with E-state index in [0.29, 0.717) is 17.9 Å². The lowest BCUT2D eigenvalue weighted by Gasteiger charge is -2.14. The molecule has 1 unspecified atom stereocenters. The number of hydrogen-bond acceptors (Lipinski definition) is 4. The third kappa shape index (κ3) is 6.09. The highest BCUT2D eigenvalue weighted by molar-refractivity contribution is 7.99. The Morgan fingerprint density at radius 2 is 2.05 bits per heavy atom. The number of carbonyl (C=O) groups is 1. The van der Waals surface area contributed by atoms with Crippen LogP contribution in [-0.4, -0.2) is 29.4 Å². The quantitative estimate of drug-likeness (QED) is 0.805. The Morgan fingerprint density at radius 1 is 1.40 bits per heavy atom. The summed E-state index contributed by atoms with van der Waals surface area (Å²) in [5, 5.41) is 21.0. The van der Waals surface area contributed by atoms with Gasteiger partial charge in [-0.3, -0.25) is 4.79 Å². The number of amides is 1. The van der Waals surface area contributed by atoms with Crippen LogP contribution in [0.3, 0.4) is 0 Å². The van der Waals surface area contributed by atoms with Crippen LogP contribution in [-0.2, 0) is 10.5 Å². The van der Waals surface area contributed by atoms with Crippen molar-refractivity contribution in [2.45, 2.75) is 25.7 Å². The normalized spacial score (nSPS) is 11.9.